The van der Waals surface area contributed by atoms with Gasteiger partial charge in [-0.05, 0) is 29.7 Å². The van der Waals surface area contributed by atoms with Crippen LogP contribution in [0.5, 0.6) is 0 Å². The molecule has 21 heavy (non-hydrogen) atoms. The molecule has 0 nitrogen and oxygen atoms in total. The fourth-order valence-electron chi connectivity index (χ4n) is 2.33. The van der Waals surface area contributed by atoms with Crippen LogP contribution in [0.2, 0.25) is 0 Å². The summed E-state index contributed by atoms with van der Waals surface area (Å²) in [6.07, 6.45) is 5.26. The van der Waals surface area contributed by atoms with Gasteiger partial charge in [0.25, 0.3) is 0 Å². The van der Waals surface area contributed by atoms with Gasteiger partial charge < -0.3 is 17.0 Å². The van der Waals surface area contributed by atoms with Crippen molar-refractivity contribution in [3.8, 4) is 0 Å². The molecule has 1 atom stereocenters. The zero-order valence-electron chi connectivity index (χ0n) is 11.5. The van der Waals surface area contributed by atoms with Gasteiger partial charge >= 0.3 is 5.51 Å². The van der Waals surface area contributed by atoms with E-state index in [1.807, 2.05) is 26.0 Å². The maximum atomic E-state index is 13.5. The van der Waals surface area contributed by atoms with Crippen LogP contribution in [-0.4, -0.2) is 0 Å². The summed E-state index contributed by atoms with van der Waals surface area (Å²) in [7, 11) is -1.82. The van der Waals surface area contributed by atoms with Crippen LogP contribution >= 0.6 is 10.5 Å². The summed E-state index contributed by atoms with van der Waals surface area (Å²) in [5.41, 5.74) is -2.57. The van der Waals surface area contributed by atoms with Crippen molar-refractivity contribution in [1.29, 1.82) is 0 Å². The van der Waals surface area contributed by atoms with Crippen LogP contribution < -0.4 is 17.0 Å². The Bertz CT molecular complexity index is 736. The normalized spacial score (nSPS) is 15.0. The van der Waals surface area contributed by atoms with Crippen LogP contribution in [0.15, 0.2) is 42.5 Å². The van der Waals surface area contributed by atoms with Crippen molar-refractivity contribution in [3.05, 3.63) is 52.9 Å². The second-order valence-corrected chi connectivity index (χ2v) is 7.15. The van der Waals surface area contributed by atoms with Gasteiger partial charge in [-0.2, -0.15) is 0 Å². The molecule has 2 aromatic rings. The Morgan fingerprint density at radius 1 is 1.10 bits per heavy atom. The van der Waals surface area contributed by atoms with E-state index in [-0.39, 0.29) is 22.9 Å². The Morgan fingerprint density at radius 3 is 2.24 bits per heavy atom. The Hall–Kier alpha value is -1.07. The van der Waals surface area contributed by atoms with Gasteiger partial charge in [0.1, 0.15) is 10.5 Å². The van der Waals surface area contributed by atoms with Crippen molar-refractivity contribution in [2.24, 2.45) is 0 Å². The summed E-state index contributed by atoms with van der Waals surface area (Å²) < 4.78 is 40.8. The summed E-state index contributed by atoms with van der Waals surface area (Å²) in [6, 6.07) is 7.15. The first kappa shape index (κ1) is 16.3. The van der Waals surface area contributed by atoms with Crippen molar-refractivity contribution in [2.45, 2.75) is 25.3 Å². The smallest absolute Gasteiger partial charge is 0.601 e. The minimum Gasteiger partial charge on any atom is -1.00 e. The van der Waals surface area contributed by atoms with E-state index in [0.717, 1.165) is 5.56 Å². The van der Waals surface area contributed by atoms with Gasteiger partial charge in [-0.1, -0.05) is 26.0 Å². The molecule has 0 radical (unpaired) electrons. The van der Waals surface area contributed by atoms with Crippen LogP contribution in [-0.2, 0) is 5.51 Å². The molecule has 0 saturated heterocycles. The lowest BCUT2D eigenvalue weighted by Gasteiger charge is -2.05. The highest BCUT2D eigenvalue weighted by Gasteiger charge is 2.48. The van der Waals surface area contributed by atoms with Gasteiger partial charge in [0.05, 0.1) is 0 Å². The summed E-state index contributed by atoms with van der Waals surface area (Å²) >= 11 is 0. The van der Waals surface area contributed by atoms with Crippen molar-refractivity contribution in [2.75, 3.05) is 0 Å². The molecule has 1 aromatic carbocycles. The summed E-state index contributed by atoms with van der Waals surface area (Å²) in [4.78, 5) is 0.399. The molecule has 0 amide bonds. The molecule has 1 aliphatic carbocycles. The van der Waals surface area contributed by atoms with E-state index in [9.17, 15) is 13.2 Å². The maximum absolute atomic E-state index is 13.5. The first-order valence-corrected chi connectivity index (χ1v) is 7.66. The first-order valence-electron chi connectivity index (χ1n) is 6.43. The Labute approximate surface area is 134 Å². The molecule has 1 aliphatic rings. The molecule has 0 spiro atoms. The fraction of sp³-hybridized carbons (Fsp3) is 0.250. The number of thiophene rings is 1. The predicted molar refractivity (Wildman–Crippen MR) is 78.9 cm³/mol. The fourth-order valence-corrected chi connectivity index (χ4v) is 4.30. The zero-order valence-corrected chi connectivity index (χ0v) is 13.9. The average Bonchev–Trinajstić information content (AvgIpc) is 2.63. The lowest BCUT2D eigenvalue weighted by atomic mass is 10.0. The van der Waals surface area contributed by atoms with Crippen molar-refractivity contribution in [1.82, 2.24) is 0 Å². The van der Waals surface area contributed by atoms with Gasteiger partial charge in [-0.15, -0.1) is 13.2 Å². The number of fused-ring (bicyclic) bond motifs is 1. The average molecular weight is 375 g/mol. The second-order valence-electron chi connectivity index (χ2n) is 5.19. The van der Waals surface area contributed by atoms with E-state index in [0.29, 0.717) is 20.5 Å². The van der Waals surface area contributed by atoms with E-state index in [1.165, 1.54) is 0 Å². The van der Waals surface area contributed by atoms with Crippen LogP contribution in [0, 0.1) is 0 Å². The van der Waals surface area contributed by atoms with E-state index in [2.05, 4.69) is 0 Å². The minimum absolute atomic E-state index is 0. The molecular weight excluding hydrogens is 361 g/mol. The third-order valence-electron chi connectivity index (χ3n) is 3.50. The van der Waals surface area contributed by atoms with E-state index in [1.54, 1.807) is 30.4 Å². The maximum Gasteiger partial charge on any atom is 0.601 e. The monoisotopic (exact) mass is 374 g/mol. The summed E-state index contributed by atoms with van der Waals surface area (Å²) in [6.45, 7) is 3.99. The lowest BCUT2D eigenvalue weighted by molar-refractivity contribution is -0.0866. The molecule has 112 valence electrons. The predicted octanol–water partition coefficient (Wildman–Crippen LogP) is 3.15. The molecule has 1 aromatic heterocycles. The summed E-state index contributed by atoms with van der Waals surface area (Å²) in [5, 5.41) is 0.700. The quantitative estimate of drug-likeness (QED) is 0.708. The number of rotatable bonds is 2. The highest BCUT2D eigenvalue weighted by Crippen LogP contribution is 2.54. The van der Waals surface area contributed by atoms with E-state index < -0.39 is 16.0 Å². The lowest BCUT2D eigenvalue weighted by Crippen LogP contribution is -3.00. The van der Waals surface area contributed by atoms with Crippen molar-refractivity contribution in [3.63, 3.8) is 0 Å². The first-order chi connectivity index (χ1) is 9.38. The third kappa shape index (κ3) is 2.81. The van der Waals surface area contributed by atoms with Crippen molar-refractivity contribution >= 4 is 26.1 Å². The number of hydrogen-bond donors (Lipinski definition) is 0. The molecule has 3 rings (SSSR count). The second kappa shape index (κ2) is 5.61. The molecule has 0 saturated carbocycles. The van der Waals surface area contributed by atoms with Crippen molar-refractivity contribution < 1.29 is 30.2 Å². The van der Waals surface area contributed by atoms with Crippen LogP contribution in [0.25, 0.3) is 15.7 Å². The zero-order chi connectivity index (χ0) is 14.5. The van der Waals surface area contributed by atoms with Gasteiger partial charge in [0.15, 0.2) is 9.58 Å². The van der Waals surface area contributed by atoms with Gasteiger partial charge in [-0.3, -0.25) is 0 Å². The van der Waals surface area contributed by atoms with Crippen LogP contribution in [0.4, 0.5) is 13.2 Å². The third-order valence-corrected chi connectivity index (χ3v) is 5.55. The van der Waals surface area contributed by atoms with E-state index in [4.69, 9.17) is 0 Å². The van der Waals surface area contributed by atoms with Gasteiger partial charge in [0, 0.05) is 23.1 Å². The Morgan fingerprint density at radius 2 is 1.76 bits per heavy atom. The molecule has 5 heteroatoms. The molecule has 1 unspecified atom stereocenters. The van der Waals surface area contributed by atoms with Crippen LogP contribution in [0.1, 0.15) is 30.2 Å². The molecule has 0 bridgehead atoms. The Kier molecular flexibility index (Phi) is 4.36. The van der Waals surface area contributed by atoms with E-state index >= 15 is 0 Å². The van der Waals surface area contributed by atoms with Gasteiger partial charge in [0.2, 0.25) is 0 Å². The Balaban J connectivity index is 0.00000161. The highest BCUT2D eigenvalue weighted by molar-refractivity contribution is 7.39. The standard InChI is InChI=1S/C16H14F3S.BrH/c1-10(2)12-6-7-13-9-14(11-4-3-5-11)20(15(13)8-12)16(17,18)19;/h3-10H,1-2H3;1H/q+1;/p-1. The van der Waals surface area contributed by atoms with Gasteiger partial charge in [-0.25, -0.2) is 0 Å². The largest absolute Gasteiger partial charge is 1.00 e. The number of hydrogen-bond acceptors (Lipinski definition) is 0. The molecule has 0 aliphatic heterocycles. The molecule has 1 heterocycles. The molecule has 0 N–H and O–H groups in total. The molecular formula is C16H14BrF3S. The number of allylic oxidation sites excluding steroid dienone is 4. The van der Waals surface area contributed by atoms with Crippen LogP contribution in [0.3, 0.4) is 0 Å². The minimum atomic E-state index is -4.23. The summed E-state index contributed by atoms with van der Waals surface area (Å²) in [5.74, 6) is 0.228. The number of halogens is 4. The number of benzene rings is 1. The SMILES string of the molecule is CC(C)c1ccc2cc(C3=CC=C3)[s+](C(F)(F)F)c2c1.[Br-]. The molecule has 0 fully saturated rings. The number of alkyl halides is 3. The topological polar surface area (TPSA) is 0 Å². The highest BCUT2D eigenvalue weighted by atomic mass is 79.9.